The second-order valence-electron chi connectivity index (χ2n) is 6.20. The molecule has 1 amide bonds. The highest BCUT2D eigenvalue weighted by Gasteiger charge is 2.24. The van der Waals surface area contributed by atoms with Gasteiger partial charge in [-0.05, 0) is 32.4 Å². The maximum atomic E-state index is 14.3. The fraction of sp³-hybridized carbons (Fsp3) is 0.158. The Hall–Kier alpha value is -3.53. The van der Waals surface area contributed by atoms with Gasteiger partial charge in [0.1, 0.15) is 17.4 Å². The van der Waals surface area contributed by atoms with E-state index in [4.69, 9.17) is 18.0 Å². The molecular formula is C19H17FN4O2. The van der Waals surface area contributed by atoms with Gasteiger partial charge in [-0.2, -0.15) is 0 Å². The summed E-state index contributed by atoms with van der Waals surface area (Å²) in [6.07, 6.45) is 0. The molecule has 0 bridgehead atoms. The first-order valence-corrected chi connectivity index (χ1v) is 7.79. The van der Waals surface area contributed by atoms with Crippen LogP contribution in [0.2, 0.25) is 0 Å². The molecule has 3 rings (SSSR count). The first-order valence-electron chi connectivity index (χ1n) is 7.79. The average Bonchev–Trinajstić information content (AvgIpc) is 2.84. The molecule has 0 spiro atoms. The number of nitrogens with zero attached hydrogens (tertiary/aromatic N) is 2. The number of amides is 1. The second-order valence-corrected chi connectivity index (χ2v) is 6.20. The average molecular weight is 352 g/mol. The summed E-state index contributed by atoms with van der Waals surface area (Å²) >= 11 is 0. The van der Waals surface area contributed by atoms with E-state index in [1.165, 1.54) is 4.57 Å². The van der Waals surface area contributed by atoms with Crippen LogP contribution in [-0.4, -0.2) is 15.6 Å². The quantitative estimate of drug-likeness (QED) is 0.614. The van der Waals surface area contributed by atoms with Gasteiger partial charge in [0.25, 0.3) is 5.91 Å². The third kappa shape index (κ3) is 2.27. The molecule has 5 N–H and O–H groups in total. The van der Waals surface area contributed by atoms with Crippen LogP contribution < -0.4 is 11.5 Å². The van der Waals surface area contributed by atoms with Crippen LogP contribution in [-0.2, 0) is 0 Å². The summed E-state index contributed by atoms with van der Waals surface area (Å²) in [7, 11) is 0. The lowest BCUT2D eigenvalue weighted by Crippen LogP contribution is -2.14. The van der Waals surface area contributed by atoms with E-state index in [2.05, 4.69) is 4.85 Å². The molecule has 6 nitrogen and oxygen atoms in total. The number of halogens is 1. The van der Waals surface area contributed by atoms with Crippen molar-refractivity contribution in [1.82, 2.24) is 4.57 Å². The molecule has 0 aliphatic heterocycles. The molecule has 1 heterocycles. The van der Waals surface area contributed by atoms with E-state index in [0.29, 0.717) is 33.4 Å². The lowest BCUT2D eigenvalue weighted by atomic mass is 10.1. The minimum absolute atomic E-state index is 0.0326. The summed E-state index contributed by atoms with van der Waals surface area (Å²) in [6, 6.07) is 4.28. The first-order chi connectivity index (χ1) is 12.2. The number of phenolic OH excluding ortho intramolecular Hbond substituents is 1. The van der Waals surface area contributed by atoms with Crippen molar-refractivity contribution in [2.45, 2.75) is 20.8 Å². The summed E-state index contributed by atoms with van der Waals surface area (Å²) < 4.78 is 15.7. The normalized spacial score (nSPS) is 10.9. The van der Waals surface area contributed by atoms with Gasteiger partial charge in [-0.25, -0.2) is 9.24 Å². The van der Waals surface area contributed by atoms with Crippen molar-refractivity contribution in [2.75, 3.05) is 5.73 Å². The number of rotatable bonds is 2. The predicted octanol–water partition coefficient (Wildman–Crippen LogP) is 3.63. The number of fused-ring (bicyclic) bond motifs is 1. The smallest absolute Gasteiger partial charge is 0.253 e. The van der Waals surface area contributed by atoms with Crippen LogP contribution >= 0.6 is 0 Å². The first kappa shape index (κ1) is 17.3. The minimum Gasteiger partial charge on any atom is -0.507 e. The van der Waals surface area contributed by atoms with Gasteiger partial charge in [-0.3, -0.25) is 9.36 Å². The van der Waals surface area contributed by atoms with Gasteiger partial charge >= 0.3 is 0 Å². The van der Waals surface area contributed by atoms with Gasteiger partial charge in [0.15, 0.2) is 5.69 Å². The molecule has 0 aliphatic carbocycles. The number of nitrogens with two attached hydrogens (primary N) is 2. The Morgan fingerprint density at radius 3 is 2.46 bits per heavy atom. The SMILES string of the molecule is [C-]#[N+]c1cc2c(cc1C)c(C(N)=O)c(N)n2-c1c(C)c(O)cc(F)c1C. The zero-order valence-corrected chi connectivity index (χ0v) is 14.5. The zero-order chi connectivity index (χ0) is 19.3. The van der Waals surface area contributed by atoms with E-state index in [1.54, 1.807) is 32.9 Å². The molecule has 3 aromatic rings. The number of carbonyl (C=O) groups excluding carboxylic acids is 1. The van der Waals surface area contributed by atoms with Crippen molar-refractivity contribution >= 4 is 28.3 Å². The van der Waals surface area contributed by atoms with E-state index >= 15 is 0 Å². The van der Waals surface area contributed by atoms with Crippen molar-refractivity contribution in [3.63, 3.8) is 0 Å². The molecule has 26 heavy (non-hydrogen) atoms. The standard InChI is InChI=1S/C19H17FN4O2/c1-8-5-11-14(7-13(8)23-4)24(18(21)16(11)19(22)26)17-9(2)12(20)6-15(25)10(17)3/h5-7,25H,21H2,1-3H3,(H2,22,26). The molecule has 132 valence electrons. The fourth-order valence-electron chi connectivity index (χ4n) is 3.26. The van der Waals surface area contributed by atoms with Crippen molar-refractivity contribution < 1.29 is 14.3 Å². The molecule has 7 heteroatoms. The number of anilines is 1. The highest BCUT2D eigenvalue weighted by Crippen LogP contribution is 2.39. The molecule has 0 saturated carbocycles. The Labute approximate surface area is 149 Å². The van der Waals surface area contributed by atoms with E-state index in [1.807, 2.05) is 0 Å². The molecule has 2 aromatic carbocycles. The van der Waals surface area contributed by atoms with Gasteiger partial charge < -0.3 is 16.6 Å². The van der Waals surface area contributed by atoms with Crippen molar-refractivity contribution in [3.05, 3.63) is 57.7 Å². The van der Waals surface area contributed by atoms with Gasteiger partial charge in [-0.15, -0.1) is 0 Å². The van der Waals surface area contributed by atoms with Crippen LogP contribution in [0.1, 0.15) is 27.0 Å². The molecule has 0 fully saturated rings. The maximum Gasteiger partial charge on any atom is 0.253 e. The number of primary amides is 1. The van der Waals surface area contributed by atoms with Crippen LogP contribution in [0.4, 0.5) is 15.9 Å². The van der Waals surface area contributed by atoms with Gasteiger partial charge in [0, 0.05) is 28.1 Å². The Morgan fingerprint density at radius 2 is 1.88 bits per heavy atom. The monoisotopic (exact) mass is 352 g/mol. The number of aromatic nitrogens is 1. The highest BCUT2D eigenvalue weighted by atomic mass is 19.1. The Bertz CT molecular complexity index is 1110. The highest BCUT2D eigenvalue weighted by molar-refractivity contribution is 6.12. The fourth-order valence-corrected chi connectivity index (χ4v) is 3.26. The number of nitrogen functional groups attached to an aromatic ring is 1. The van der Waals surface area contributed by atoms with Crippen LogP contribution in [0.15, 0.2) is 18.2 Å². The van der Waals surface area contributed by atoms with Crippen LogP contribution in [0.25, 0.3) is 21.4 Å². The van der Waals surface area contributed by atoms with Gasteiger partial charge in [-0.1, -0.05) is 6.07 Å². The molecule has 1 aromatic heterocycles. The summed E-state index contributed by atoms with van der Waals surface area (Å²) in [4.78, 5) is 15.5. The third-order valence-electron chi connectivity index (χ3n) is 4.63. The van der Waals surface area contributed by atoms with E-state index in [0.717, 1.165) is 6.07 Å². The zero-order valence-electron chi connectivity index (χ0n) is 14.5. The van der Waals surface area contributed by atoms with Gasteiger partial charge in [0.05, 0.1) is 17.8 Å². The molecule has 0 radical (unpaired) electrons. The second kappa shape index (κ2) is 5.77. The predicted molar refractivity (Wildman–Crippen MR) is 98.3 cm³/mol. The van der Waals surface area contributed by atoms with Crippen molar-refractivity contribution in [3.8, 4) is 11.4 Å². The lowest BCUT2D eigenvalue weighted by molar-refractivity contribution is 0.100. The maximum absolute atomic E-state index is 14.3. The molecule has 0 atom stereocenters. The number of carbonyl (C=O) groups is 1. The van der Waals surface area contributed by atoms with E-state index in [-0.39, 0.29) is 22.7 Å². The summed E-state index contributed by atoms with van der Waals surface area (Å²) in [5.74, 6) is -1.53. The topological polar surface area (TPSA) is 98.6 Å². The van der Waals surface area contributed by atoms with E-state index in [9.17, 15) is 14.3 Å². The summed E-state index contributed by atoms with van der Waals surface area (Å²) in [5, 5.41) is 10.5. The lowest BCUT2D eigenvalue weighted by Gasteiger charge is -2.17. The summed E-state index contributed by atoms with van der Waals surface area (Å²) in [5.41, 5.74) is 14.3. The number of hydrogen-bond acceptors (Lipinski definition) is 3. The number of aryl methyl sites for hydroxylation is 1. The molecule has 0 aliphatic rings. The van der Waals surface area contributed by atoms with Gasteiger partial charge in [0.2, 0.25) is 0 Å². The van der Waals surface area contributed by atoms with Crippen LogP contribution in [0.3, 0.4) is 0 Å². The number of benzene rings is 2. The molecular weight excluding hydrogens is 335 g/mol. The third-order valence-corrected chi connectivity index (χ3v) is 4.63. The Balaban J connectivity index is 2.59. The molecule has 0 unspecified atom stereocenters. The van der Waals surface area contributed by atoms with E-state index < -0.39 is 11.7 Å². The number of phenols is 1. The Kier molecular flexibility index (Phi) is 3.84. The number of hydrogen-bond donors (Lipinski definition) is 3. The van der Waals surface area contributed by atoms with Crippen LogP contribution in [0, 0.1) is 33.2 Å². The van der Waals surface area contributed by atoms with Crippen molar-refractivity contribution in [1.29, 1.82) is 0 Å². The number of aromatic hydroxyl groups is 1. The Morgan fingerprint density at radius 1 is 1.23 bits per heavy atom. The largest absolute Gasteiger partial charge is 0.507 e. The minimum atomic E-state index is -0.725. The summed E-state index contributed by atoms with van der Waals surface area (Å²) in [6.45, 7) is 12.2. The molecule has 0 saturated heterocycles. The van der Waals surface area contributed by atoms with Crippen molar-refractivity contribution in [2.24, 2.45) is 5.73 Å². The van der Waals surface area contributed by atoms with Crippen LogP contribution in [0.5, 0.6) is 5.75 Å².